The Morgan fingerprint density at radius 2 is 2.06 bits per heavy atom. The summed E-state index contributed by atoms with van der Waals surface area (Å²) >= 11 is 2.10. The second-order valence-corrected chi connectivity index (χ2v) is 8.39. The van der Waals surface area contributed by atoms with Crippen LogP contribution in [0, 0.1) is 10.6 Å². The highest BCUT2D eigenvalue weighted by Gasteiger charge is 2.41. The number of anilines is 2. The highest BCUT2D eigenvalue weighted by molar-refractivity contribution is 14.1. The molecule has 0 saturated heterocycles. The first kappa shape index (κ1) is 21.3. The number of carbonyl (C=O) groups excluding carboxylic acids is 1. The summed E-state index contributed by atoms with van der Waals surface area (Å²) in [5, 5.41) is 14.4. The van der Waals surface area contributed by atoms with Crippen LogP contribution in [0.25, 0.3) is 11.0 Å². The Balaban J connectivity index is 1.88. The summed E-state index contributed by atoms with van der Waals surface area (Å²) in [4.78, 5) is 28.5. The standard InChI is InChI=1S/C20H22IN9O/c1-10-6-4-5-7-12(10)30-13(27-15(11(2)22)16(24-3)20(30)31)8-29-19-14(17(21)28-29)18(23)25-9-26-19/h4-7,9,15-16,22,24H,8H2,1-3H3,(H2,23,25,26)/p+1. The van der Waals surface area contributed by atoms with Crippen LogP contribution in [0.15, 0.2) is 35.6 Å². The number of fused-ring (bicyclic) bond motifs is 1. The quantitative estimate of drug-likeness (QED) is 0.311. The third-order valence-corrected chi connectivity index (χ3v) is 6.04. The van der Waals surface area contributed by atoms with Crippen molar-refractivity contribution in [1.82, 2.24) is 25.1 Å². The minimum Gasteiger partial charge on any atom is -0.383 e. The molecule has 0 fully saturated rings. The third kappa shape index (κ3) is 3.67. The largest absolute Gasteiger partial charge is 0.383 e. The minimum absolute atomic E-state index is 0.128. The van der Waals surface area contributed by atoms with E-state index in [2.05, 4.69) is 43.0 Å². The van der Waals surface area contributed by atoms with Crippen LogP contribution in [0.1, 0.15) is 12.5 Å². The number of hydrogen-bond donors (Lipinski definition) is 3. The van der Waals surface area contributed by atoms with Gasteiger partial charge in [0.1, 0.15) is 34.3 Å². The molecule has 0 radical (unpaired) electrons. The van der Waals surface area contributed by atoms with Crippen LogP contribution in [0.5, 0.6) is 0 Å². The van der Waals surface area contributed by atoms with E-state index in [4.69, 9.17) is 16.1 Å². The third-order valence-electron chi connectivity index (χ3n) is 5.29. The van der Waals surface area contributed by atoms with Gasteiger partial charge in [-0.3, -0.25) is 20.1 Å². The molecule has 2 unspecified atom stereocenters. The van der Waals surface area contributed by atoms with Crippen molar-refractivity contribution >= 4 is 62.6 Å². The number of para-hydroxylation sites is 1. The summed E-state index contributed by atoms with van der Waals surface area (Å²) in [6.07, 6.45) is 1.40. The molecular weight excluding hydrogens is 509 g/mol. The molecule has 4 rings (SSSR count). The van der Waals surface area contributed by atoms with Crippen LogP contribution in [-0.4, -0.2) is 56.3 Å². The Kier molecular flexibility index (Phi) is 5.71. The van der Waals surface area contributed by atoms with E-state index in [1.807, 2.05) is 31.2 Å². The summed E-state index contributed by atoms with van der Waals surface area (Å²) < 4.78 is 2.37. The van der Waals surface area contributed by atoms with Crippen molar-refractivity contribution in [2.24, 2.45) is 4.99 Å². The number of rotatable bonds is 5. The molecule has 2 atom stereocenters. The molecule has 2 aromatic heterocycles. The first-order chi connectivity index (χ1) is 14.8. The molecule has 3 heterocycles. The Bertz CT molecular complexity index is 1220. The predicted octanol–water partition coefficient (Wildman–Crippen LogP) is -0.0566. The molecule has 0 aliphatic carbocycles. The average Bonchev–Trinajstić information content (AvgIpc) is 3.05. The molecule has 3 aromatic rings. The number of aromatic nitrogens is 4. The van der Waals surface area contributed by atoms with Crippen LogP contribution in [-0.2, 0) is 11.3 Å². The first-order valence-corrected chi connectivity index (χ1v) is 10.8. The van der Waals surface area contributed by atoms with E-state index < -0.39 is 12.1 Å². The molecule has 1 amide bonds. The zero-order chi connectivity index (χ0) is 22.3. The fourth-order valence-electron chi connectivity index (χ4n) is 3.75. The van der Waals surface area contributed by atoms with Gasteiger partial charge in [-0.2, -0.15) is 5.10 Å². The number of amidine groups is 1. The summed E-state index contributed by atoms with van der Waals surface area (Å²) in [5.41, 5.74) is 8.89. The molecule has 160 valence electrons. The van der Waals surface area contributed by atoms with E-state index in [1.165, 1.54) is 6.33 Å². The number of nitrogens with zero attached hydrogens (tertiary/aromatic N) is 6. The van der Waals surface area contributed by atoms with Crippen LogP contribution >= 0.6 is 22.6 Å². The van der Waals surface area contributed by atoms with E-state index in [0.717, 1.165) is 11.3 Å². The van der Waals surface area contributed by atoms with Crippen LogP contribution in [0.2, 0.25) is 0 Å². The molecule has 0 bridgehead atoms. The van der Waals surface area contributed by atoms with Gasteiger partial charge < -0.3 is 11.1 Å². The summed E-state index contributed by atoms with van der Waals surface area (Å²) in [6, 6.07) is 6.63. The number of likely N-dealkylation sites (N-methyl/N-ethyl adjacent to an activating group) is 1. The van der Waals surface area contributed by atoms with Gasteiger partial charge in [0, 0.05) is 6.92 Å². The van der Waals surface area contributed by atoms with E-state index in [9.17, 15) is 4.79 Å². The fourth-order valence-corrected chi connectivity index (χ4v) is 4.53. The summed E-state index contributed by atoms with van der Waals surface area (Å²) in [5.74, 6) is 0.757. The number of hydrogen-bond acceptors (Lipinski definition) is 7. The van der Waals surface area contributed by atoms with Crippen molar-refractivity contribution in [3.8, 4) is 0 Å². The van der Waals surface area contributed by atoms with Gasteiger partial charge in [-0.1, -0.05) is 18.2 Å². The van der Waals surface area contributed by atoms with E-state index in [0.29, 0.717) is 32.1 Å². The summed E-state index contributed by atoms with van der Waals surface area (Å²) in [7, 11) is 1.73. The van der Waals surface area contributed by atoms with Crippen LogP contribution in [0.4, 0.5) is 11.5 Å². The van der Waals surface area contributed by atoms with Gasteiger partial charge in [0.25, 0.3) is 5.91 Å². The molecule has 0 spiro atoms. The number of benzene rings is 1. The molecule has 1 aliphatic heterocycles. The van der Waals surface area contributed by atoms with Gasteiger partial charge in [0.2, 0.25) is 0 Å². The number of amides is 1. The zero-order valence-electron chi connectivity index (χ0n) is 17.4. The normalized spacial score (nSPS) is 19.0. The van der Waals surface area contributed by atoms with Crippen molar-refractivity contribution in [3.05, 3.63) is 39.9 Å². The van der Waals surface area contributed by atoms with Gasteiger partial charge in [-0.05, 0) is 48.2 Å². The Labute approximate surface area is 192 Å². The number of nitrogens with one attached hydrogen (secondary N) is 1. The number of aryl methyl sites for hydroxylation is 1. The molecule has 0 saturated carbocycles. The molecule has 31 heavy (non-hydrogen) atoms. The molecule has 5 N–H and O–H groups in total. The molecule has 10 nitrogen and oxygen atoms in total. The zero-order valence-corrected chi connectivity index (χ0v) is 19.5. The second kappa shape index (κ2) is 8.30. The van der Waals surface area contributed by atoms with Gasteiger partial charge in [0.05, 0.1) is 11.1 Å². The van der Waals surface area contributed by atoms with Gasteiger partial charge >= 0.3 is 0 Å². The lowest BCUT2D eigenvalue weighted by atomic mass is 9.99. The molecule has 1 aromatic carbocycles. The molecule has 11 heteroatoms. The van der Waals surface area contributed by atoms with E-state index in [1.54, 1.807) is 23.6 Å². The minimum atomic E-state index is -0.569. The first-order valence-electron chi connectivity index (χ1n) is 9.68. The lowest BCUT2D eigenvalue weighted by Crippen LogP contribution is -2.63. The highest BCUT2D eigenvalue weighted by Crippen LogP contribution is 2.27. The van der Waals surface area contributed by atoms with Crippen molar-refractivity contribution in [2.45, 2.75) is 32.5 Å². The number of aliphatic imine (C=N–C) groups is 1. The maximum Gasteiger partial charge on any atom is 0.252 e. The van der Waals surface area contributed by atoms with Crippen molar-refractivity contribution in [2.75, 3.05) is 17.7 Å². The number of nitrogen functional groups attached to an aromatic ring is 1. The Hall–Kier alpha value is -2.93. The van der Waals surface area contributed by atoms with E-state index in [-0.39, 0.29) is 12.5 Å². The maximum absolute atomic E-state index is 13.6. The smallest absolute Gasteiger partial charge is 0.252 e. The van der Waals surface area contributed by atoms with Crippen molar-refractivity contribution in [1.29, 1.82) is 0 Å². The van der Waals surface area contributed by atoms with Crippen molar-refractivity contribution < 1.29 is 10.2 Å². The van der Waals surface area contributed by atoms with Gasteiger partial charge in [-0.25, -0.2) is 14.6 Å². The Morgan fingerprint density at radius 1 is 1.32 bits per heavy atom. The lowest BCUT2D eigenvalue weighted by Gasteiger charge is -2.35. The van der Waals surface area contributed by atoms with Crippen molar-refractivity contribution in [3.63, 3.8) is 0 Å². The SMILES string of the molecule is CNC1C(=O)N(c2ccccc2C)C(Cn2nc(I)c3c(N)ncnc32)=NC1C(C)=[NH2+]. The monoisotopic (exact) mass is 532 g/mol. The molecule has 1 aliphatic rings. The predicted molar refractivity (Wildman–Crippen MR) is 128 cm³/mol. The molecular formula is C20H23IN9O+. The lowest BCUT2D eigenvalue weighted by molar-refractivity contribution is -0.126. The Morgan fingerprint density at radius 3 is 2.74 bits per heavy atom. The number of nitrogens with two attached hydrogens (primary N) is 2. The maximum atomic E-state index is 13.6. The van der Waals surface area contributed by atoms with Gasteiger partial charge in [-0.15, -0.1) is 0 Å². The van der Waals surface area contributed by atoms with Crippen LogP contribution in [0.3, 0.4) is 0 Å². The fraction of sp³-hybridized carbons (Fsp3) is 0.300. The average molecular weight is 532 g/mol. The number of halogens is 1. The second-order valence-electron chi connectivity index (χ2n) is 7.37. The topological polar surface area (TPSA) is 140 Å². The van der Waals surface area contributed by atoms with E-state index >= 15 is 0 Å². The van der Waals surface area contributed by atoms with Crippen LogP contribution < -0.4 is 21.4 Å². The highest BCUT2D eigenvalue weighted by atomic mass is 127. The summed E-state index contributed by atoms with van der Waals surface area (Å²) in [6.45, 7) is 3.95. The number of carbonyl (C=O) groups is 1. The van der Waals surface area contributed by atoms with Gasteiger partial charge in [0.15, 0.2) is 17.4 Å².